The van der Waals surface area contributed by atoms with Gasteiger partial charge in [0.15, 0.2) is 0 Å². The van der Waals surface area contributed by atoms with Gasteiger partial charge in [-0.25, -0.2) is 9.55 Å². The molecule has 9 heteroatoms. The van der Waals surface area contributed by atoms with E-state index in [9.17, 15) is 9.59 Å². The molecule has 0 bridgehead atoms. The minimum absolute atomic E-state index is 0.0561. The van der Waals surface area contributed by atoms with E-state index in [-0.39, 0.29) is 17.0 Å². The lowest BCUT2D eigenvalue weighted by atomic mass is 10.1. The Labute approximate surface area is 127 Å². The van der Waals surface area contributed by atoms with Gasteiger partial charge in [0.2, 0.25) is 5.95 Å². The lowest BCUT2D eigenvalue weighted by Crippen LogP contribution is -2.32. The zero-order valence-electron chi connectivity index (χ0n) is 10.3. The second-order valence-electron chi connectivity index (χ2n) is 3.94. The molecular weight excluding hydrogens is 346 g/mol. The second-order valence-corrected chi connectivity index (χ2v) is 5.18. The largest absolute Gasteiger partial charge is 0.365 e. The summed E-state index contributed by atoms with van der Waals surface area (Å²) in [5.74, 6) is -0.573. The highest BCUT2D eigenvalue weighted by atomic mass is 79.9. The lowest BCUT2D eigenvalue weighted by Gasteiger charge is -2.12. The van der Waals surface area contributed by atoms with Crippen LogP contribution >= 0.6 is 28.6 Å². The first kappa shape index (κ1) is 14.5. The van der Waals surface area contributed by atoms with Crippen molar-refractivity contribution in [3.63, 3.8) is 0 Å². The zero-order chi connectivity index (χ0) is 15.0. The number of carbonyl (C=O) groups is 2. The normalized spacial score (nSPS) is 10.6. The summed E-state index contributed by atoms with van der Waals surface area (Å²) in [5.41, 5.74) is 5.76. The molecule has 2 heterocycles. The van der Waals surface area contributed by atoms with Crippen LogP contribution in [-0.2, 0) is 0 Å². The molecule has 2 aromatic heterocycles. The number of amides is 1. The number of thiol groups is 1. The number of carbonyl (C=O) groups excluding carboxylic acids is 2. The van der Waals surface area contributed by atoms with Crippen LogP contribution in [0.4, 0.5) is 4.79 Å². The number of pyridine rings is 1. The van der Waals surface area contributed by atoms with Crippen molar-refractivity contribution >= 4 is 39.7 Å². The highest BCUT2D eigenvalue weighted by Crippen LogP contribution is 2.18. The highest BCUT2D eigenvalue weighted by molar-refractivity contribution is 9.10. The molecule has 0 aliphatic rings. The molecule has 0 spiro atoms. The number of nitrogens with two attached hydrogens (primary N) is 1. The molecular formula is C11H10BrN5O2S. The summed E-state index contributed by atoms with van der Waals surface area (Å²) in [5, 5.41) is 7.53. The fourth-order valence-corrected chi connectivity index (χ4v) is 2.33. The van der Waals surface area contributed by atoms with Gasteiger partial charge in [-0.2, -0.15) is 0 Å². The molecule has 0 saturated heterocycles. The Bertz CT molecular complexity index is 780. The number of nitrogens with zero attached hydrogens (tertiary/aromatic N) is 3. The van der Waals surface area contributed by atoms with Gasteiger partial charge in [0.25, 0.3) is 11.1 Å². The van der Waals surface area contributed by atoms with Crippen LogP contribution < -0.4 is 11.2 Å². The SMILES string of the molecule is Cc1c(Br)cn(-c2nccn2C(=O)S)c(=N)c1C(N)=O. The average molecular weight is 356 g/mol. The Hall–Kier alpha value is -1.87. The maximum atomic E-state index is 11.5. The van der Waals surface area contributed by atoms with E-state index >= 15 is 0 Å². The number of hydrogen-bond acceptors (Lipinski definition) is 4. The minimum atomic E-state index is -0.724. The predicted octanol–water partition coefficient (Wildman–Crippen LogP) is 1.22. The monoisotopic (exact) mass is 355 g/mol. The standard InChI is InChI=1S/C11H10BrN5O2S/c1-5-6(12)4-17(8(13)7(5)9(14)18)10-15-2-3-16(10)11(19)20/h2-4,13H,1H3,(H2,14,18)(H,19,20). The van der Waals surface area contributed by atoms with Crippen LogP contribution in [0.1, 0.15) is 15.9 Å². The number of halogens is 1. The van der Waals surface area contributed by atoms with E-state index in [1.165, 1.54) is 17.0 Å². The Morgan fingerprint density at radius 2 is 2.15 bits per heavy atom. The highest BCUT2D eigenvalue weighted by Gasteiger charge is 2.17. The number of imidazole rings is 1. The molecule has 7 nitrogen and oxygen atoms in total. The molecule has 20 heavy (non-hydrogen) atoms. The molecule has 0 radical (unpaired) electrons. The lowest BCUT2D eigenvalue weighted by molar-refractivity contribution is 0.0997. The number of aromatic nitrogens is 3. The molecule has 0 aromatic carbocycles. The van der Waals surface area contributed by atoms with Crippen LogP contribution in [-0.4, -0.2) is 25.3 Å². The van der Waals surface area contributed by atoms with Crippen LogP contribution in [0.2, 0.25) is 0 Å². The van der Waals surface area contributed by atoms with Crippen molar-refractivity contribution in [2.24, 2.45) is 5.73 Å². The van der Waals surface area contributed by atoms with Gasteiger partial charge in [-0.3, -0.25) is 19.6 Å². The Morgan fingerprint density at radius 3 is 2.70 bits per heavy atom. The van der Waals surface area contributed by atoms with Crippen molar-refractivity contribution in [3.05, 3.63) is 39.7 Å². The third kappa shape index (κ3) is 2.29. The van der Waals surface area contributed by atoms with Crippen molar-refractivity contribution in [1.29, 1.82) is 5.41 Å². The summed E-state index contributed by atoms with van der Waals surface area (Å²) in [7, 11) is 0. The maximum absolute atomic E-state index is 11.5. The fourth-order valence-electron chi connectivity index (χ4n) is 1.77. The van der Waals surface area contributed by atoms with Gasteiger partial charge in [-0.1, -0.05) is 12.6 Å². The van der Waals surface area contributed by atoms with Gasteiger partial charge < -0.3 is 5.73 Å². The van der Waals surface area contributed by atoms with Crippen molar-refractivity contribution < 1.29 is 9.59 Å². The van der Waals surface area contributed by atoms with E-state index in [0.29, 0.717) is 10.0 Å². The van der Waals surface area contributed by atoms with Gasteiger partial charge in [0, 0.05) is 23.1 Å². The molecule has 3 N–H and O–H groups in total. The second kappa shape index (κ2) is 5.25. The Balaban J connectivity index is 2.83. The molecule has 2 rings (SSSR count). The molecule has 2 aromatic rings. The summed E-state index contributed by atoms with van der Waals surface area (Å²) < 4.78 is 3.00. The molecule has 0 unspecified atom stereocenters. The summed E-state index contributed by atoms with van der Waals surface area (Å²) in [6, 6.07) is 0. The van der Waals surface area contributed by atoms with Crippen molar-refractivity contribution in [2.75, 3.05) is 0 Å². The molecule has 0 atom stereocenters. The van der Waals surface area contributed by atoms with Crippen LogP contribution in [0.25, 0.3) is 5.95 Å². The number of rotatable bonds is 2. The Morgan fingerprint density at radius 1 is 1.50 bits per heavy atom. The van der Waals surface area contributed by atoms with E-state index in [1.54, 1.807) is 13.1 Å². The predicted molar refractivity (Wildman–Crippen MR) is 78.1 cm³/mol. The van der Waals surface area contributed by atoms with Gasteiger partial charge in [-0.05, 0) is 28.4 Å². The van der Waals surface area contributed by atoms with Gasteiger partial charge >= 0.3 is 0 Å². The van der Waals surface area contributed by atoms with Crippen LogP contribution in [0, 0.1) is 12.3 Å². The summed E-state index contributed by atoms with van der Waals surface area (Å²) in [6.45, 7) is 1.67. The summed E-state index contributed by atoms with van der Waals surface area (Å²) in [4.78, 5) is 26.9. The third-order valence-electron chi connectivity index (χ3n) is 2.74. The third-order valence-corrected chi connectivity index (χ3v) is 3.76. The zero-order valence-corrected chi connectivity index (χ0v) is 12.8. The molecule has 0 aliphatic carbocycles. The smallest absolute Gasteiger partial charge is 0.289 e. The first-order chi connectivity index (χ1) is 9.34. The van der Waals surface area contributed by atoms with E-state index in [1.807, 2.05) is 0 Å². The average Bonchev–Trinajstić information content (AvgIpc) is 2.82. The Kier molecular flexibility index (Phi) is 3.82. The van der Waals surface area contributed by atoms with Crippen molar-refractivity contribution in [3.8, 4) is 5.95 Å². The first-order valence-corrected chi connectivity index (χ1v) is 6.61. The van der Waals surface area contributed by atoms with Gasteiger partial charge in [0.05, 0.1) is 5.56 Å². The first-order valence-electron chi connectivity index (χ1n) is 5.37. The topological polar surface area (TPSA) is 107 Å². The van der Waals surface area contributed by atoms with Crippen LogP contribution in [0.15, 0.2) is 23.1 Å². The van der Waals surface area contributed by atoms with Gasteiger partial charge in [0.1, 0.15) is 5.49 Å². The van der Waals surface area contributed by atoms with E-state index in [2.05, 4.69) is 33.5 Å². The number of hydrogen-bond donors (Lipinski definition) is 3. The molecule has 0 saturated carbocycles. The van der Waals surface area contributed by atoms with Crippen molar-refractivity contribution in [2.45, 2.75) is 6.92 Å². The van der Waals surface area contributed by atoms with Crippen molar-refractivity contribution in [1.82, 2.24) is 14.1 Å². The quantitative estimate of drug-likeness (QED) is 0.705. The molecule has 104 valence electrons. The summed E-state index contributed by atoms with van der Waals surface area (Å²) >= 11 is 7.02. The minimum Gasteiger partial charge on any atom is -0.365 e. The van der Waals surface area contributed by atoms with E-state index in [4.69, 9.17) is 11.1 Å². The summed E-state index contributed by atoms with van der Waals surface area (Å²) in [6.07, 6.45) is 4.35. The molecule has 0 aliphatic heterocycles. The van der Waals surface area contributed by atoms with Crippen LogP contribution in [0.5, 0.6) is 0 Å². The molecule has 1 amide bonds. The van der Waals surface area contributed by atoms with E-state index < -0.39 is 11.1 Å². The fraction of sp³-hybridized carbons (Fsp3) is 0.0909. The number of primary amides is 1. The number of nitrogens with one attached hydrogen (secondary N) is 1. The molecule has 0 fully saturated rings. The van der Waals surface area contributed by atoms with E-state index in [0.717, 1.165) is 4.57 Å². The van der Waals surface area contributed by atoms with Crippen LogP contribution in [0.3, 0.4) is 0 Å². The van der Waals surface area contributed by atoms with Gasteiger partial charge in [-0.15, -0.1) is 0 Å². The maximum Gasteiger partial charge on any atom is 0.289 e.